The van der Waals surface area contributed by atoms with Crippen LogP contribution in [0.25, 0.3) is 0 Å². The molecule has 1 aromatic heterocycles. The number of carbonyl (C=O) groups excluding carboxylic acids is 1. The lowest BCUT2D eigenvalue weighted by molar-refractivity contribution is -0.145. The Kier molecular flexibility index (Phi) is 4.78. The number of rotatable bonds is 3. The van der Waals surface area contributed by atoms with Crippen LogP contribution < -0.4 is 5.32 Å². The van der Waals surface area contributed by atoms with Crippen LogP contribution in [0.3, 0.4) is 0 Å². The van der Waals surface area contributed by atoms with Crippen LogP contribution in [-0.4, -0.2) is 53.4 Å². The molecule has 1 fully saturated rings. The molecule has 22 heavy (non-hydrogen) atoms. The van der Waals surface area contributed by atoms with Gasteiger partial charge in [-0.2, -0.15) is 0 Å². The van der Waals surface area contributed by atoms with Crippen LogP contribution in [0, 0.1) is 0 Å². The molecule has 1 aliphatic rings. The topological polar surface area (TPSA) is 61.1 Å². The van der Waals surface area contributed by atoms with E-state index in [0.717, 1.165) is 18.1 Å². The molecule has 6 nitrogen and oxygen atoms in total. The maximum atomic E-state index is 12.5. The molecule has 0 radical (unpaired) electrons. The molecular weight excluding hydrogens is 280 g/mol. The van der Waals surface area contributed by atoms with Crippen LogP contribution in [0.5, 0.6) is 0 Å². The average molecular weight is 306 g/mol. The summed E-state index contributed by atoms with van der Waals surface area (Å²) in [7, 11) is 1.74. The number of nitrogens with one attached hydrogen (secondary N) is 1. The van der Waals surface area contributed by atoms with Crippen LogP contribution in [0.1, 0.15) is 33.3 Å². The first-order valence-corrected chi connectivity index (χ1v) is 7.64. The normalized spacial score (nSPS) is 19.0. The smallest absolute Gasteiger partial charge is 0.242 e. The molecule has 0 saturated carbocycles. The van der Waals surface area contributed by atoms with E-state index in [1.807, 2.05) is 15.9 Å². The third kappa shape index (κ3) is 3.43. The van der Waals surface area contributed by atoms with Gasteiger partial charge in [-0.15, -0.1) is 0 Å². The lowest BCUT2D eigenvalue weighted by atomic mass is 9.96. The lowest BCUT2D eigenvalue weighted by Gasteiger charge is -2.49. The van der Waals surface area contributed by atoms with E-state index in [-0.39, 0.29) is 17.5 Å². The molecule has 0 unspecified atom stereocenters. The van der Waals surface area contributed by atoms with Crippen molar-refractivity contribution in [2.45, 2.75) is 45.8 Å². The van der Waals surface area contributed by atoms with Gasteiger partial charge in [0.25, 0.3) is 0 Å². The van der Waals surface area contributed by atoms with Crippen molar-refractivity contribution in [1.29, 1.82) is 0 Å². The van der Waals surface area contributed by atoms with E-state index in [1.165, 1.54) is 0 Å². The standard InChI is InChI=1S/C16H26N4O2/c1-12(2)20-14(21)9-19(11-16(20,3)4)15(17-5)18-8-13-6-7-22-10-13/h6-7,10,12H,8-9,11H2,1-5H3,(H,17,18). The predicted molar refractivity (Wildman–Crippen MR) is 86.5 cm³/mol. The number of aliphatic imine (C=N–C) groups is 1. The van der Waals surface area contributed by atoms with E-state index >= 15 is 0 Å². The van der Waals surface area contributed by atoms with Gasteiger partial charge < -0.3 is 19.5 Å². The fourth-order valence-electron chi connectivity index (χ4n) is 3.22. The summed E-state index contributed by atoms with van der Waals surface area (Å²) in [4.78, 5) is 20.8. The van der Waals surface area contributed by atoms with Crippen molar-refractivity contribution in [2.24, 2.45) is 4.99 Å². The highest BCUT2D eigenvalue weighted by atomic mass is 16.3. The lowest BCUT2D eigenvalue weighted by Crippen LogP contribution is -2.66. The van der Waals surface area contributed by atoms with Crippen molar-refractivity contribution >= 4 is 11.9 Å². The Labute approximate surface area is 132 Å². The molecule has 0 bridgehead atoms. The van der Waals surface area contributed by atoms with Crippen molar-refractivity contribution in [3.63, 3.8) is 0 Å². The number of carbonyl (C=O) groups is 1. The number of furan rings is 1. The Hall–Kier alpha value is -1.98. The van der Waals surface area contributed by atoms with Crippen molar-refractivity contribution in [1.82, 2.24) is 15.1 Å². The molecule has 0 spiro atoms. The zero-order valence-electron chi connectivity index (χ0n) is 14.1. The number of hydrogen-bond donors (Lipinski definition) is 1. The van der Waals surface area contributed by atoms with E-state index in [4.69, 9.17) is 4.42 Å². The second kappa shape index (κ2) is 6.42. The Morgan fingerprint density at radius 2 is 2.23 bits per heavy atom. The Morgan fingerprint density at radius 1 is 1.50 bits per heavy atom. The summed E-state index contributed by atoms with van der Waals surface area (Å²) in [5.41, 5.74) is 0.823. The molecule has 1 N–H and O–H groups in total. The van der Waals surface area contributed by atoms with Gasteiger partial charge in [0.15, 0.2) is 5.96 Å². The van der Waals surface area contributed by atoms with Crippen LogP contribution in [0.15, 0.2) is 28.0 Å². The molecule has 1 saturated heterocycles. The number of guanidine groups is 1. The van der Waals surface area contributed by atoms with Gasteiger partial charge in [0, 0.05) is 31.7 Å². The molecule has 0 aliphatic carbocycles. The highest BCUT2D eigenvalue weighted by molar-refractivity contribution is 5.88. The van der Waals surface area contributed by atoms with Gasteiger partial charge >= 0.3 is 0 Å². The zero-order valence-corrected chi connectivity index (χ0v) is 14.1. The van der Waals surface area contributed by atoms with E-state index in [0.29, 0.717) is 13.1 Å². The summed E-state index contributed by atoms with van der Waals surface area (Å²) in [5.74, 6) is 0.878. The van der Waals surface area contributed by atoms with Gasteiger partial charge in [-0.05, 0) is 33.8 Å². The van der Waals surface area contributed by atoms with Crippen LogP contribution in [0.4, 0.5) is 0 Å². The minimum Gasteiger partial charge on any atom is -0.472 e. The fraction of sp³-hybridized carbons (Fsp3) is 0.625. The van der Waals surface area contributed by atoms with Crippen molar-refractivity contribution in [3.8, 4) is 0 Å². The Bertz CT molecular complexity index is 534. The van der Waals surface area contributed by atoms with Crippen LogP contribution in [-0.2, 0) is 11.3 Å². The molecule has 1 aliphatic heterocycles. The highest BCUT2D eigenvalue weighted by Crippen LogP contribution is 2.24. The summed E-state index contributed by atoms with van der Waals surface area (Å²) >= 11 is 0. The second-order valence-corrected chi connectivity index (χ2v) is 6.56. The number of nitrogens with zero attached hydrogens (tertiary/aromatic N) is 3. The summed E-state index contributed by atoms with van der Waals surface area (Å²) in [5, 5.41) is 3.29. The molecule has 1 amide bonds. The van der Waals surface area contributed by atoms with Crippen molar-refractivity contribution in [2.75, 3.05) is 20.1 Å². The summed E-state index contributed by atoms with van der Waals surface area (Å²) < 4.78 is 5.06. The maximum absolute atomic E-state index is 12.5. The Balaban J connectivity index is 2.06. The van der Waals surface area contributed by atoms with Gasteiger partial charge in [-0.3, -0.25) is 9.79 Å². The summed E-state index contributed by atoms with van der Waals surface area (Å²) in [6.45, 7) is 10.0. The first kappa shape index (κ1) is 16.4. The third-order valence-electron chi connectivity index (χ3n) is 3.88. The molecule has 122 valence electrons. The van der Waals surface area contributed by atoms with Crippen LogP contribution >= 0.6 is 0 Å². The second-order valence-electron chi connectivity index (χ2n) is 6.56. The SMILES string of the molecule is CN=C(NCc1ccoc1)N1CC(=O)N(C(C)C)C(C)(C)C1. The largest absolute Gasteiger partial charge is 0.472 e. The quantitative estimate of drug-likeness (QED) is 0.682. The third-order valence-corrected chi connectivity index (χ3v) is 3.88. The highest BCUT2D eigenvalue weighted by Gasteiger charge is 2.40. The fourth-order valence-corrected chi connectivity index (χ4v) is 3.22. The minimum absolute atomic E-state index is 0.137. The summed E-state index contributed by atoms with van der Waals surface area (Å²) in [6.07, 6.45) is 3.35. The van der Waals surface area contributed by atoms with E-state index in [1.54, 1.807) is 19.6 Å². The molecule has 6 heteroatoms. The van der Waals surface area contributed by atoms with Gasteiger partial charge in [0.05, 0.1) is 24.6 Å². The maximum Gasteiger partial charge on any atom is 0.242 e. The number of amides is 1. The van der Waals surface area contributed by atoms with Crippen molar-refractivity contribution in [3.05, 3.63) is 24.2 Å². The van der Waals surface area contributed by atoms with Gasteiger partial charge in [-0.1, -0.05) is 0 Å². The first-order valence-electron chi connectivity index (χ1n) is 7.64. The van der Waals surface area contributed by atoms with E-state index in [2.05, 4.69) is 38.0 Å². The Morgan fingerprint density at radius 3 is 2.73 bits per heavy atom. The summed E-state index contributed by atoms with van der Waals surface area (Å²) in [6, 6.07) is 2.11. The van der Waals surface area contributed by atoms with E-state index < -0.39 is 0 Å². The first-order chi connectivity index (χ1) is 10.3. The number of hydrogen-bond acceptors (Lipinski definition) is 3. The van der Waals surface area contributed by atoms with Gasteiger partial charge in [0.2, 0.25) is 5.91 Å². The molecule has 0 atom stereocenters. The molecule has 1 aromatic rings. The predicted octanol–water partition coefficient (Wildman–Crippen LogP) is 1.69. The van der Waals surface area contributed by atoms with Gasteiger partial charge in [0.1, 0.15) is 0 Å². The molecule has 2 heterocycles. The molecule has 2 rings (SSSR count). The van der Waals surface area contributed by atoms with E-state index in [9.17, 15) is 4.79 Å². The molecule has 0 aromatic carbocycles. The molecular formula is C16H26N4O2. The zero-order chi connectivity index (χ0) is 16.3. The number of piperazine rings is 1. The average Bonchev–Trinajstić information content (AvgIpc) is 2.90. The minimum atomic E-state index is -0.225. The van der Waals surface area contributed by atoms with Crippen molar-refractivity contribution < 1.29 is 9.21 Å². The monoisotopic (exact) mass is 306 g/mol. The van der Waals surface area contributed by atoms with Gasteiger partial charge in [-0.25, -0.2) is 0 Å². The van der Waals surface area contributed by atoms with Crippen LogP contribution in [0.2, 0.25) is 0 Å².